The van der Waals surface area contributed by atoms with Crippen LogP contribution in [-0.4, -0.2) is 13.2 Å². The lowest BCUT2D eigenvalue weighted by Gasteiger charge is -2.10. The van der Waals surface area contributed by atoms with Gasteiger partial charge in [-0.05, 0) is 36.7 Å². The number of ether oxygens (including phenoxy) is 1. The summed E-state index contributed by atoms with van der Waals surface area (Å²) in [5, 5.41) is 3.35. The lowest BCUT2D eigenvalue weighted by molar-refractivity contribution is 0.304. The second kappa shape index (κ2) is 12.0. The summed E-state index contributed by atoms with van der Waals surface area (Å²) in [7, 11) is 0. The van der Waals surface area contributed by atoms with Crippen molar-refractivity contribution in [2.45, 2.75) is 65.3 Å². The van der Waals surface area contributed by atoms with E-state index >= 15 is 0 Å². The van der Waals surface area contributed by atoms with E-state index in [0.29, 0.717) is 0 Å². The molecule has 0 amide bonds. The fraction of sp³-hybridized carbons (Fsp3) is 0.667. The van der Waals surface area contributed by atoms with Gasteiger partial charge < -0.3 is 10.1 Å². The van der Waals surface area contributed by atoms with Crippen molar-refractivity contribution in [1.29, 1.82) is 0 Å². The lowest BCUT2D eigenvalue weighted by Crippen LogP contribution is -2.12. The summed E-state index contributed by atoms with van der Waals surface area (Å²) in [4.78, 5) is 0. The predicted molar refractivity (Wildman–Crippen MR) is 95.0 cm³/mol. The third-order valence-corrected chi connectivity index (χ3v) is 4.37. The Hall–Kier alpha value is -0.540. The Morgan fingerprint density at radius 1 is 1.00 bits per heavy atom. The maximum absolute atomic E-state index is 5.86. The molecule has 0 bridgehead atoms. The van der Waals surface area contributed by atoms with Gasteiger partial charge in [-0.2, -0.15) is 0 Å². The first-order valence-electron chi connectivity index (χ1n) is 8.39. The highest BCUT2D eigenvalue weighted by atomic mass is 79.9. The molecule has 0 aliphatic heterocycles. The Morgan fingerprint density at radius 2 is 1.71 bits per heavy atom. The van der Waals surface area contributed by atoms with Gasteiger partial charge in [-0.15, -0.1) is 0 Å². The Kier molecular flexibility index (Phi) is 10.6. The standard InChI is InChI=1S/C18H30BrNO/c1-3-5-6-7-8-9-10-13-21-17-11-12-18(19)16(14-17)15-20-4-2/h11-12,14,20H,3-10,13,15H2,1-2H3. The Balaban J connectivity index is 2.19. The number of unbranched alkanes of at least 4 members (excludes halogenated alkanes) is 6. The molecule has 0 spiro atoms. The first-order valence-corrected chi connectivity index (χ1v) is 9.19. The molecule has 0 unspecified atom stereocenters. The van der Waals surface area contributed by atoms with E-state index in [9.17, 15) is 0 Å². The molecule has 0 atom stereocenters. The van der Waals surface area contributed by atoms with Gasteiger partial charge in [0.2, 0.25) is 0 Å². The van der Waals surface area contributed by atoms with Gasteiger partial charge in [-0.3, -0.25) is 0 Å². The first kappa shape index (κ1) is 18.5. The molecule has 0 saturated carbocycles. The van der Waals surface area contributed by atoms with Crippen LogP contribution in [0.15, 0.2) is 22.7 Å². The van der Waals surface area contributed by atoms with E-state index in [1.165, 1.54) is 44.1 Å². The highest BCUT2D eigenvalue weighted by Gasteiger charge is 2.02. The molecule has 0 heterocycles. The van der Waals surface area contributed by atoms with Crippen molar-refractivity contribution in [2.24, 2.45) is 0 Å². The van der Waals surface area contributed by atoms with Gasteiger partial charge in [0.15, 0.2) is 0 Å². The summed E-state index contributed by atoms with van der Waals surface area (Å²) in [5.74, 6) is 0.983. The van der Waals surface area contributed by atoms with E-state index in [-0.39, 0.29) is 0 Å². The molecule has 21 heavy (non-hydrogen) atoms. The number of rotatable bonds is 12. The van der Waals surface area contributed by atoms with E-state index < -0.39 is 0 Å². The molecule has 0 aliphatic carbocycles. The van der Waals surface area contributed by atoms with E-state index in [0.717, 1.165) is 36.3 Å². The molecule has 2 nitrogen and oxygen atoms in total. The number of nitrogens with one attached hydrogen (secondary N) is 1. The average molecular weight is 356 g/mol. The van der Waals surface area contributed by atoms with Crippen LogP contribution >= 0.6 is 15.9 Å². The molecule has 1 aromatic carbocycles. The summed E-state index contributed by atoms with van der Waals surface area (Å²) in [6.45, 7) is 7.07. The van der Waals surface area contributed by atoms with Gasteiger partial charge in [0, 0.05) is 11.0 Å². The van der Waals surface area contributed by atoms with Crippen LogP contribution in [0.3, 0.4) is 0 Å². The van der Waals surface area contributed by atoms with Crippen molar-refractivity contribution in [3.05, 3.63) is 28.2 Å². The second-order valence-corrected chi connectivity index (χ2v) is 6.36. The highest BCUT2D eigenvalue weighted by Crippen LogP contribution is 2.22. The van der Waals surface area contributed by atoms with Crippen LogP contribution in [0, 0.1) is 0 Å². The van der Waals surface area contributed by atoms with Gasteiger partial charge in [0.05, 0.1) is 6.61 Å². The third kappa shape index (κ3) is 8.47. The zero-order valence-electron chi connectivity index (χ0n) is 13.6. The van der Waals surface area contributed by atoms with Gasteiger partial charge in [0.1, 0.15) is 5.75 Å². The second-order valence-electron chi connectivity index (χ2n) is 5.50. The number of hydrogen-bond acceptors (Lipinski definition) is 2. The molecule has 1 N–H and O–H groups in total. The monoisotopic (exact) mass is 355 g/mol. The van der Waals surface area contributed by atoms with Crippen molar-refractivity contribution in [3.63, 3.8) is 0 Å². The molecular formula is C18H30BrNO. The van der Waals surface area contributed by atoms with Crippen LogP contribution in [0.4, 0.5) is 0 Å². The SMILES string of the molecule is CCCCCCCCCOc1ccc(Br)c(CNCC)c1. The summed E-state index contributed by atoms with van der Waals surface area (Å²) >= 11 is 3.59. The maximum atomic E-state index is 5.86. The van der Waals surface area contributed by atoms with E-state index in [1.54, 1.807) is 0 Å². The zero-order valence-corrected chi connectivity index (χ0v) is 15.2. The number of benzene rings is 1. The van der Waals surface area contributed by atoms with Crippen LogP contribution in [0.25, 0.3) is 0 Å². The molecule has 0 fully saturated rings. The fourth-order valence-corrected chi connectivity index (χ4v) is 2.67. The molecule has 3 heteroatoms. The topological polar surface area (TPSA) is 21.3 Å². The van der Waals surface area contributed by atoms with Gasteiger partial charge >= 0.3 is 0 Å². The summed E-state index contributed by atoms with van der Waals surface area (Å²) in [6.07, 6.45) is 9.24. The smallest absolute Gasteiger partial charge is 0.119 e. The number of hydrogen-bond donors (Lipinski definition) is 1. The number of halogens is 1. The van der Waals surface area contributed by atoms with Gasteiger partial charge in [-0.1, -0.05) is 68.3 Å². The summed E-state index contributed by atoms with van der Waals surface area (Å²) in [5.41, 5.74) is 1.26. The van der Waals surface area contributed by atoms with Crippen LogP contribution < -0.4 is 10.1 Å². The Bertz CT molecular complexity index is 381. The Morgan fingerprint density at radius 3 is 2.43 bits per heavy atom. The molecule has 0 aromatic heterocycles. The van der Waals surface area contributed by atoms with Gasteiger partial charge in [-0.25, -0.2) is 0 Å². The molecule has 0 radical (unpaired) electrons. The van der Waals surface area contributed by atoms with E-state index in [2.05, 4.69) is 47.2 Å². The maximum Gasteiger partial charge on any atom is 0.119 e. The summed E-state index contributed by atoms with van der Waals surface area (Å²) in [6, 6.07) is 6.25. The van der Waals surface area contributed by atoms with Crippen LogP contribution in [-0.2, 0) is 6.54 Å². The lowest BCUT2D eigenvalue weighted by atomic mass is 10.1. The van der Waals surface area contributed by atoms with Crippen LogP contribution in [0.2, 0.25) is 0 Å². The minimum absolute atomic E-state index is 0.829. The average Bonchev–Trinajstić information content (AvgIpc) is 2.50. The van der Waals surface area contributed by atoms with Crippen molar-refractivity contribution < 1.29 is 4.74 Å². The predicted octanol–water partition coefficient (Wildman–Crippen LogP) is 5.69. The van der Waals surface area contributed by atoms with Gasteiger partial charge in [0.25, 0.3) is 0 Å². The minimum atomic E-state index is 0.829. The largest absolute Gasteiger partial charge is 0.494 e. The van der Waals surface area contributed by atoms with Crippen molar-refractivity contribution in [2.75, 3.05) is 13.2 Å². The van der Waals surface area contributed by atoms with E-state index in [1.807, 2.05) is 6.07 Å². The van der Waals surface area contributed by atoms with Crippen molar-refractivity contribution in [3.8, 4) is 5.75 Å². The summed E-state index contributed by atoms with van der Waals surface area (Å²) < 4.78 is 7.01. The fourth-order valence-electron chi connectivity index (χ4n) is 2.29. The van der Waals surface area contributed by atoms with Crippen molar-refractivity contribution >= 4 is 15.9 Å². The molecule has 120 valence electrons. The van der Waals surface area contributed by atoms with Crippen molar-refractivity contribution in [1.82, 2.24) is 5.32 Å². The molecule has 1 aromatic rings. The molecule has 0 saturated heterocycles. The third-order valence-electron chi connectivity index (χ3n) is 3.60. The zero-order chi connectivity index (χ0) is 15.3. The molecule has 1 rings (SSSR count). The Labute approximate surface area is 138 Å². The molecular weight excluding hydrogens is 326 g/mol. The van der Waals surface area contributed by atoms with Crippen LogP contribution in [0.1, 0.15) is 64.4 Å². The quantitative estimate of drug-likeness (QED) is 0.486. The van der Waals surface area contributed by atoms with Crippen LogP contribution in [0.5, 0.6) is 5.75 Å². The minimum Gasteiger partial charge on any atom is -0.494 e. The molecule has 0 aliphatic rings. The van der Waals surface area contributed by atoms with E-state index in [4.69, 9.17) is 4.74 Å². The normalized spacial score (nSPS) is 10.8. The first-order chi connectivity index (χ1) is 10.3. The highest BCUT2D eigenvalue weighted by molar-refractivity contribution is 9.10.